The van der Waals surface area contributed by atoms with Crippen LogP contribution in [0.1, 0.15) is 10.4 Å². The molecule has 0 fully saturated rings. The number of nitrogens with zero attached hydrogens (tertiary/aromatic N) is 3. The van der Waals surface area contributed by atoms with Crippen LogP contribution >= 0.6 is 0 Å². The van der Waals surface area contributed by atoms with Gasteiger partial charge in [0, 0.05) is 30.2 Å². The van der Waals surface area contributed by atoms with E-state index in [1.54, 1.807) is 6.07 Å². The van der Waals surface area contributed by atoms with Gasteiger partial charge in [-0.2, -0.15) is 4.39 Å². The first-order chi connectivity index (χ1) is 7.75. The highest BCUT2D eigenvalue weighted by atomic mass is 19.1. The Kier molecular flexibility index (Phi) is 2.81. The van der Waals surface area contributed by atoms with E-state index < -0.39 is 11.9 Å². The summed E-state index contributed by atoms with van der Waals surface area (Å²) in [4.78, 5) is 22.6. The van der Waals surface area contributed by atoms with Gasteiger partial charge in [0.2, 0.25) is 11.9 Å². The molecule has 0 aromatic carbocycles. The fourth-order valence-corrected chi connectivity index (χ4v) is 1.08. The Hall–Kier alpha value is -2.37. The lowest BCUT2D eigenvalue weighted by Gasteiger charge is -2.02. The summed E-state index contributed by atoms with van der Waals surface area (Å²) in [6.07, 6.45) is 4.21. The van der Waals surface area contributed by atoms with Crippen molar-refractivity contribution in [2.75, 3.05) is 5.32 Å². The zero-order valence-electron chi connectivity index (χ0n) is 8.09. The maximum absolute atomic E-state index is 12.7. The van der Waals surface area contributed by atoms with Gasteiger partial charge in [-0.3, -0.25) is 10.1 Å². The molecule has 0 bridgehead atoms. The Balaban J connectivity index is 2.15. The third-order valence-electron chi connectivity index (χ3n) is 1.78. The molecule has 6 heteroatoms. The zero-order valence-corrected chi connectivity index (χ0v) is 8.09. The summed E-state index contributed by atoms with van der Waals surface area (Å²) >= 11 is 0. The molecule has 0 saturated heterocycles. The van der Waals surface area contributed by atoms with Crippen LogP contribution in [0.15, 0.2) is 36.8 Å². The summed E-state index contributed by atoms with van der Waals surface area (Å²) in [5.41, 5.74) is 0.167. The maximum Gasteiger partial charge on any atom is 0.258 e. The molecule has 2 rings (SSSR count). The Morgan fingerprint density at radius 1 is 1.19 bits per heavy atom. The molecule has 0 unspecified atom stereocenters. The molecule has 0 atom stereocenters. The van der Waals surface area contributed by atoms with E-state index in [2.05, 4.69) is 20.3 Å². The number of hydrogen-bond donors (Lipinski definition) is 1. The number of hydrogen-bond acceptors (Lipinski definition) is 4. The number of rotatable bonds is 2. The van der Waals surface area contributed by atoms with Crippen LogP contribution in [0.3, 0.4) is 0 Å². The van der Waals surface area contributed by atoms with Crippen LogP contribution in [0.2, 0.25) is 0 Å². The molecule has 1 amide bonds. The number of nitrogens with one attached hydrogen (secondary N) is 1. The third-order valence-corrected chi connectivity index (χ3v) is 1.78. The largest absolute Gasteiger partial charge is 0.290 e. The van der Waals surface area contributed by atoms with Crippen molar-refractivity contribution in [2.24, 2.45) is 0 Å². The Labute approximate surface area is 90.4 Å². The molecule has 2 heterocycles. The van der Waals surface area contributed by atoms with Gasteiger partial charge >= 0.3 is 0 Å². The Morgan fingerprint density at radius 2 is 1.94 bits per heavy atom. The predicted octanol–water partition coefficient (Wildman–Crippen LogP) is 1.26. The van der Waals surface area contributed by atoms with E-state index in [0.29, 0.717) is 0 Å². The quantitative estimate of drug-likeness (QED) is 0.770. The van der Waals surface area contributed by atoms with Gasteiger partial charge in [-0.15, -0.1) is 0 Å². The highest BCUT2D eigenvalue weighted by Crippen LogP contribution is 2.03. The van der Waals surface area contributed by atoms with Crippen LogP contribution < -0.4 is 5.32 Å². The average molecular weight is 218 g/mol. The molecule has 0 aliphatic rings. The average Bonchev–Trinajstić information content (AvgIpc) is 2.30. The minimum atomic E-state index is -0.707. The minimum absolute atomic E-state index is 0.167. The molecule has 0 saturated carbocycles. The topological polar surface area (TPSA) is 67.8 Å². The number of amides is 1. The first kappa shape index (κ1) is 10.2. The van der Waals surface area contributed by atoms with Crippen molar-refractivity contribution in [3.63, 3.8) is 0 Å². The van der Waals surface area contributed by atoms with Gasteiger partial charge < -0.3 is 0 Å². The summed E-state index contributed by atoms with van der Waals surface area (Å²) in [5.74, 6) is -1.01. The Morgan fingerprint density at radius 3 is 2.62 bits per heavy atom. The summed E-state index contributed by atoms with van der Waals surface area (Å²) in [6, 6.07) is 4.07. The monoisotopic (exact) mass is 218 g/mol. The van der Waals surface area contributed by atoms with Crippen LogP contribution in [0.25, 0.3) is 0 Å². The van der Waals surface area contributed by atoms with E-state index >= 15 is 0 Å². The van der Waals surface area contributed by atoms with Crippen molar-refractivity contribution in [1.82, 2.24) is 15.0 Å². The van der Waals surface area contributed by atoms with Crippen molar-refractivity contribution < 1.29 is 9.18 Å². The molecule has 0 aliphatic heterocycles. The lowest BCUT2D eigenvalue weighted by molar-refractivity contribution is 0.102. The second-order valence-corrected chi connectivity index (χ2v) is 2.89. The minimum Gasteiger partial charge on any atom is -0.290 e. The highest BCUT2D eigenvalue weighted by molar-refractivity contribution is 6.03. The molecule has 16 heavy (non-hydrogen) atoms. The third kappa shape index (κ3) is 2.35. The maximum atomic E-state index is 12.7. The number of anilines is 1. The summed E-state index contributed by atoms with van der Waals surface area (Å²) in [7, 11) is 0. The predicted molar refractivity (Wildman–Crippen MR) is 54.2 cm³/mol. The van der Waals surface area contributed by atoms with Crippen molar-refractivity contribution in [1.29, 1.82) is 0 Å². The van der Waals surface area contributed by atoms with Gasteiger partial charge in [-0.1, -0.05) is 0 Å². The smallest absolute Gasteiger partial charge is 0.258 e. The van der Waals surface area contributed by atoms with Crippen LogP contribution in [0.5, 0.6) is 0 Å². The van der Waals surface area contributed by atoms with Gasteiger partial charge in [0.15, 0.2) is 0 Å². The standard InChI is InChI=1S/C10H7FN4O/c11-8-6-7(2-5-12-8)9(16)15-10-13-3-1-4-14-10/h1-6H,(H,13,14,15,16). The molecule has 2 aromatic heterocycles. The van der Waals surface area contributed by atoms with E-state index in [0.717, 1.165) is 6.07 Å². The molecular weight excluding hydrogens is 211 g/mol. The zero-order chi connectivity index (χ0) is 11.4. The fourth-order valence-electron chi connectivity index (χ4n) is 1.08. The van der Waals surface area contributed by atoms with Crippen LogP contribution in [0.4, 0.5) is 10.3 Å². The van der Waals surface area contributed by atoms with Crippen LogP contribution in [-0.2, 0) is 0 Å². The lowest BCUT2D eigenvalue weighted by atomic mass is 10.2. The SMILES string of the molecule is O=C(Nc1ncccn1)c1ccnc(F)c1. The Bertz CT molecular complexity index is 503. The number of carbonyl (C=O) groups excluding carboxylic acids is 1. The number of halogens is 1. The number of pyridine rings is 1. The molecule has 0 spiro atoms. The van der Waals surface area contributed by atoms with Gasteiger partial charge in [-0.05, 0) is 12.1 Å². The van der Waals surface area contributed by atoms with Crippen molar-refractivity contribution in [3.8, 4) is 0 Å². The summed E-state index contributed by atoms with van der Waals surface area (Å²) in [6.45, 7) is 0. The van der Waals surface area contributed by atoms with Crippen molar-refractivity contribution in [2.45, 2.75) is 0 Å². The van der Waals surface area contributed by atoms with Crippen molar-refractivity contribution >= 4 is 11.9 Å². The molecule has 1 N–H and O–H groups in total. The molecule has 0 aliphatic carbocycles. The van der Waals surface area contributed by atoms with E-state index in [-0.39, 0.29) is 11.5 Å². The molecule has 5 nitrogen and oxygen atoms in total. The first-order valence-electron chi connectivity index (χ1n) is 4.45. The van der Waals surface area contributed by atoms with Gasteiger partial charge in [0.1, 0.15) is 0 Å². The van der Waals surface area contributed by atoms with E-state index in [1.165, 1.54) is 24.7 Å². The highest BCUT2D eigenvalue weighted by Gasteiger charge is 2.08. The normalized spacial score (nSPS) is 9.81. The molecule has 0 radical (unpaired) electrons. The summed E-state index contributed by atoms with van der Waals surface area (Å²) in [5, 5.41) is 2.43. The van der Waals surface area contributed by atoms with Crippen LogP contribution in [0, 0.1) is 5.95 Å². The second-order valence-electron chi connectivity index (χ2n) is 2.89. The van der Waals surface area contributed by atoms with E-state index in [9.17, 15) is 9.18 Å². The number of carbonyl (C=O) groups is 1. The summed E-state index contributed by atoms with van der Waals surface area (Å²) < 4.78 is 12.7. The number of aromatic nitrogens is 3. The second kappa shape index (κ2) is 4.43. The van der Waals surface area contributed by atoms with Crippen molar-refractivity contribution in [3.05, 3.63) is 48.3 Å². The van der Waals surface area contributed by atoms with Gasteiger partial charge in [0.25, 0.3) is 5.91 Å². The van der Waals surface area contributed by atoms with Gasteiger partial charge in [-0.25, -0.2) is 15.0 Å². The van der Waals surface area contributed by atoms with E-state index in [4.69, 9.17) is 0 Å². The molecule has 80 valence electrons. The fraction of sp³-hybridized carbons (Fsp3) is 0. The lowest BCUT2D eigenvalue weighted by Crippen LogP contribution is -2.14. The van der Waals surface area contributed by atoms with Crippen LogP contribution in [-0.4, -0.2) is 20.9 Å². The first-order valence-corrected chi connectivity index (χ1v) is 4.45. The van der Waals surface area contributed by atoms with E-state index in [1.807, 2.05) is 0 Å². The molecular formula is C10H7FN4O. The van der Waals surface area contributed by atoms with Gasteiger partial charge in [0.05, 0.1) is 0 Å². The molecule has 2 aromatic rings.